The molecule has 31 heavy (non-hydrogen) atoms. The van der Waals surface area contributed by atoms with E-state index in [1.165, 1.54) is 36.8 Å². The SMILES string of the molecule is O=C(Nc1cccnc1Oc1cc(C(F)(F)F)cc(C(F)(F)F)c1)c1cnccc1Cl. The molecule has 0 bridgehead atoms. The molecular weight excluding hydrogens is 452 g/mol. The lowest BCUT2D eigenvalue weighted by Crippen LogP contribution is -2.14. The van der Waals surface area contributed by atoms with E-state index in [-0.39, 0.29) is 22.3 Å². The lowest BCUT2D eigenvalue weighted by Gasteiger charge is -2.15. The van der Waals surface area contributed by atoms with E-state index in [0.717, 1.165) is 0 Å². The van der Waals surface area contributed by atoms with Crippen LogP contribution in [-0.4, -0.2) is 15.9 Å². The number of anilines is 1. The van der Waals surface area contributed by atoms with Gasteiger partial charge in [-0.2, -0.15) is 26.3 Å². The molecule has 0 saturated carbocycles. The summed E-state index contributed by atoms with van der Waals surface area (Å²) in [5, 5.41) is 2.46. The highest BCUT2D eigenvalue weighted by atomic mass is 35.5. The number of nitrogens with one attached hydrogen (secondary N) is 1. The van der Waals surface area contributed by atoms with Crippen molar-refractivity contribution in [3.8, 4) is 11.6 Å². The van der Waals surface area contributed by atoms with Gasteiger partial charge in [0.15, 0.2) is 0 Å². The van der Waals surface area contributed by atoms with Crippen LogP contribution in [0.3, 0.4) is 0 Å². The average Bonchev–Trinajstić information content (AvgIpc) is 2.68. The summed E-state index contributed by atoms with van der Waals surface area (Å²) in [6.07, 6.45) is -6.38. The summed E-state index contributed by atoms with van der Waals surface area (Å²) >= 11 is 5.91. The van der Waals surface area contributed by atoms with Gasteiger partial charge in [0.25, 0.3) is 5.91 Å². The van der Waals surface area contributed by atoms with Crippen molar-refractivity contribution in [1.82, 2.24) is 9.97 Å². The summed E-state index contributed by atoms with van der Waals surface area (Å²) in [7, 11) is 0. The number of aromatic nitrogens is 2. The molecule has 0 spiro atoms. The molecule has 3 aromatic rings. The first kappa shape index (κ1) is 22.3. The van der Waals surface area contributed by atoms with Crippen LogP contribution in [0.1, 0.15) is 21.5 Å². The van der Waals surface area contributed by atoms with Crippen molar-refractivity contribution in [2.24, 2.45) is 0 Å². The van der Waals surface area contributed by atoms with Crippen LogP contribution in [0.15, 0.2) is 55.0 Å². The lowest BCUT2D eigenvalue weighted by atomic mass is 10.1. The van der Waals surface area contributed by atoms with E-state index in [2.05, 4.69) is 15.3 Å². The number of rotatable bonds is 4. The van der Waals surface area contributed by atoms with Crippen LogP contribution in [0.4, 0.5) is 32.0 Å². The van der Waals surface area contributed by atoms with Gasteiger partial charge in [-0.25, -0.2) is 4.98 Å². The molecule has 1 N–H and O–H groups in total. The van der Waals surface area contributed by atoms with Gasteiger partial charge in [-0.05, 0) is 36.4 Å². The minimum absolute atomic E-state index is 0.0163. The zero-order valence-electron chi connectivity index (χ0n) is 15.1. The molecule has 2 heterocycles. The summed E-state index contributed by atoms with van der Waals surface area (Å²) in [6, 6.07) is 4.79. The molecule has 2 aromatic heterocycles. The summed E-state index contributed by atoms with van der Waals surface area (Å²) in [6.45, 7) is 0. The first-order valence-electron chi connectivity index (χ1n) is 8.28. The van der Waals surface area contributed by atoms with Crippen molar-refractivity contribution >= 4 is 23.2 Å². The van der Waals surface area contributed by atoms with Gasteiger partial charge >= 0.3 is 12.4 Å². The molecule has 0 fully saturated rings. The number of carbonyl (C=O) groups excluding carboxylic acids is 1. The Morgan fingerprint density at radius 2 is 1.61 bits per heavy atom. The van der Waals surface area contributed by atoms with Crippen LogP contribution in [-0.2, 0) is 12.4 Å². The average molecular weight is 462 g/mol. The predicted molar refractivity (Wildman–Crippen MR) is 98.0 cm³/mol. The molecule has 0 aliphatic heterocycles. The minimum Gasteiger partial charge on any atom is -0.437 e. The first-order chi connectivity index (χ1) is 14.4. The molecule has 1 aromatic carbocycles. The van der Waals surface area contributed by atoms with Gasteiger partial charge in [0.2, 0.25) is 5.88 Å². The Balaban J connectivity index is 1.95. The Morgan fingerprint density at radius 1 is 0.968 bits per heavy atom. The van der Waals surface area contributed by atoms with Gasteiger partial charge in [0, 0.05) is 18.6 Å². The Kier molecular flexibility index (Phi) is 6.07. The topological polar surface area (TPSA) is 64.1 Å². The van der Waals surface area contributed by atoms with Gasteiger partial charge in [-0.1, -0.05) is 11.6 Å². The fraction of sp³-hybridized carbons (Fsp3) is 0.105. The molecule has 0 atom stereocenters. The standard InChI is InChI=1S/C19H10ClF6N3O2/c20-14-3-5-27-9-13(14)16(30)29-15-2-1-4-28-17(15)31-12-7-10(18(21,22)23)6-11(8-12)19(24,25)26/h1-9H,(H,29,30). The van der Waals surface area contributed by atoms with Crippen LogP contribution in [0.5, 0.6) is 11.6 Å². The van der Waals surface area contributed by atoms with E-state index in [0.29, 0.717) is 12.1 Å². The molecule has 0 aliphatic rings. The quantitative estimate of drug-likeness (QED) is 0.469. The fourth-order valence-corrected chi connectivity index (χ4v) is 2.59. The monoisotopic (exact) mass is 461 g/mol. The maximum absolute atomic E-state index is 13.0. The van der Waals surface area contributed by atoms with Gasteiger partial charge in [0.05, 0.1) is 21.7 Å². The van der Waals surface area contributed by atoms with E-state index in [1.807, 2.05) is 0 Å². The second-order valence-electron chi connectivity index (χ2n) is 6.01. The number of benzene rings is 1. The second kappa shape index (κ2) is 8.42. The highest BCUT2D eigenvalue weighted by Crippen LogP contribution is 2.39. The Bertz CT molecular complexity index is 1090. The lowest BCUT2D eigenvalue weighted by molar-refractivity contribution is -0.143. The van der Waals surface area contributed by atoms with Crippen molar-refractivity contribution in [3.63, 3.8) is 0 Å². The number of nitrogens with zero attached hydrogens (tertiary/aromatic N) is 2. The van der Waals surface area contributed by atoms with E-state index in [1.54, 1.807) is 0 Å². The van der Waals surface area contributed by atoms with E-state index in [4.69, 9.17) is 16.3 Å². The van der Waals surface area contributed by atoms with Gasteiger partial charge in [0.1, 0.15) is 11.4 Å². The van der Waals surface area contributed by atoms with Gasteiger partial charge < -0.3 is 10.1 Å². The predicted octanol–water partition coefficient (Wildman–Crippen LogP) is 6.21. The third kappa shape index (κ3) is 5.43. The summed E-state index contributed by atoms with van der Waals surface area (Å²) in [5.74, 6) is -1.94. The van der Waals surface area contributed by atoms with E-state index >= 15 is 0 Å². The molecule has 3 rings (SSSR count). The van der Waals surface area contributed by atoms with Crippen LogP contribution in [0.2, 0.25) is 5.02 Å². The highest BCUT2D eigenvalue weighted by Gasteiger charge is 2.37. The number of pyridine rings is 2. The molecule has 162 valence electrons. The maximum Gasteiger partial charge on any atom is 0.416 e. The smallest absolute Gasteiger partial charge is 0.416 e. The fourth-order valence-electron chi connectivity index (χ4n) is 2.40. The van der Waals surface area contributed by atoms with Gasteiger partial charge in [-0.15, -0.1) is 0 Å². The van der Waals surface area contributed by atoms with Crippen molar-refractivity contribution < 1.29 is 35.9 Å². The zero-order chi connectivity index (χ0) is 22.8. The normalized spacial score (nSPS) is 11.8. The largest absolute Gasteiger partial charge is 0.437 e. The molecule has 0 unspecified atom stereocenters. The number of alkyl halides is 6. The number of ether oxygens (including phenoxy) is 1. The Hall–Kier alpha value is -3.34. The van der Waals surface area contributed by atoms with Crippen molar-refractivity contribution in [2.45, 2.75) is 12.4 Å². The molecule has 0 aliphatic carbocycles. The van der Waals surface area contributed by atoms with Crippen LogP contribution < -0.4 is 10.1 Å². The molecule has 5 nitrogen and oxygen atoms in total. The van der Waals surface area contributed by atoms with Crippen LogP contribution >= 0.6 is 11.6 Å². The number of halogens is 7. The summed E-state index contributed by atoms with van der Waals surface area (Å²) in [4.78, 5) is 19.9. The first-order valence-corrected chi connectivity index (χ1v) is 8.66. The summed E-state index contributed by atoms with van der Waals surface area (Å²) < 4.78 is 83.4. The number of hydrogen-bond donors (Lipinski definition) is 1. The highest BCUT2D eigenvalue weighted by molar-refractivity contribution is 6.34. The Morgan fingerprint density at radius 3 is 2.19 bits per heavy atom. The molecular formula is C19H10ClF6N3O2. The van der Waals surface area contributed by atoms with Crippen molar-refractivity contribution in [1.29, 1.82) is 0 Å². The summed E-state index contributed by atoms with van der Waals surface area (Å²) in [5.41, 5.74) is -3.24. The van der Waals surface area contributed by atoms with Crippen molar-refractivity contribution in [3.05, 3.63) is 76.7 Å². The minimum atomic E-state index is -5.04. The van der Waals surface area contributed by atoms with E-state index < -0.39 is 41.0 Å². The van der Waals surface area contributed by atoms with Crippen molar-refractivity contribution in [2.75, 3.05) is 5.32 Å². The molecule has 1 amide bonds. The number of amides is 1. The van der Waals surface area contributed by atoms with Crippen LogP contribution in [0, 0.1) is 0 Å². The maximum atomic E-state index is 13.0. The Labute approximate surface area is 175 Å². The van der Waals surface area contributed by atoms with Gasteiger partial charge in [-0.3, -0.25) is 9.78 Å². The zero-order valence-corrected chi connectivity index (χ0v) is 15.8. The second-order valence-corrected chi connectivity index (χ2v) is 6.42. The third-order valence-corrected chi connectivity index (χ3v) is 4.14. The molecule has 0 radical (unpaired) electrons. The van der Waals surface area contributed by atoms with E-state index in [9.17, 15) is 31.1 Å². The van der Waals surface area contributed by atoms with Crippen LogP contribution in [0.25, 0.3) is 0 Å². The molecule has 0 saturated heterocycles. The number of carbonyl (C=O) groups is 1. The number of hydrogen-bond acceptors (Lipinski definition) is 4. The molecule has 12 heteroatoms. The third-order valence-electron chi connectivity index (χ3n) is 3.81.